The van der Waals surface area contributed by atoms with Crippen LogP contribution in [0.2, 0.25) is 0 Å². The predicted octanol–water partition coefficient (Wildman–Crippen LogP) is 5.57. The van der Waals surface area contributed by atoms with E-state index in [1.54, 1.807) is 53.8 Å². The van der Waals surface area contributed by atoms with Crippen molar-refractivity contribution in [1.82, 2.24) is 0 Å². The number of thiophene rings is 1. The Morgan fingerprint density at radius 3 is 2.36 bits per heavy atom. The van der Waals surface area contributed by atoms with Crippen LogP contribution in [0.1, 0.15) is 35.7 Å². The summed E-state index contributed by atoms with van der Waals surface area (Å²) in [6, 6.07) is 21.7. The Morgan fingerprint density at radius 2 is 1.61 bits per heavy atom. The number of hydrogen-bond donors (Lipinski definition) is 1. The number of Topliss-reactive ketones (excluding diaryl/α,β-unsaturated/α-hetero) is 1. The van der Waals surface area contributed by atoms with Crippen molar-refractivity contribution in [2.75, 3.05) is 13.2 Å². The number of rotatable bonds is 10. The van der Waals surface area contributed by atoms with Crippen LogP contribution in [-0.2, 0) is 24.7 Å². The van der Waals surface area contributed by atoms with Crippen molar-refractivity contribution in [3.8, 4) is 0 Å². The first kappa shape index (κ1) is 25.3. The van der Waals surface area contributed by atoms with Gasteiger partial charge in [-0.25, -0.2) is 4.79 Å². The Kier molecular flexibility index (Phi) is 7.62. The molecule has 1 N–H and O–H groups in total. The van der Waals surface area contributed by atoms with Crippen LogP contribution in [0.25, 0.3) is 20.2 Å². The van der Waals surface area contributed by atoms with E-state index in [4.69, 9.17) is 9.47 Å². The van der Waals surface area contributed by atoms with Gasteiger partial charge in [0.05, 0.1) is 6.61 Å². The molecule has 0 aliphatic carbocycles. The Bertz CT molecular complexity index is 1440. The quantitative estimate of drug-likeness (QED) is 0.132. The maximum atomic E-state index is 13.5. The lowest BCUT2D eigenvalue weighted by atomic mass is 9.86. The van der Waals surface area contributed by atoms with Crippen LogP contribution < -0.4 is 0 Å². The van der Waals surface area contributed by atoms with Gasteiger partial charge in [-0.15, -0.1) is 11.3 Å². The highest BCUT2D eigenvalue weighted by Crippen LogP contribution is 2.37. The second-order valence-electron chi connectivity index (χ2n) is 8.55. The molecule has 184 valence electrons. The first-order valence-electron chi connectivity index (χ1n) is 11.5. The van der Waals surface area contributed by atoms with Crippen molar-refractivity contribution in [1.29, 1.82) is 0 Å². The van der Waals surface area contributed by atoms with Gasteiger partial charge < -0.3 is 14.6 Å². The number of ketones is 1. The Labute approximate surface area is 212 Å². The largest absolute Gasteiger partial charge is 0.462 e. The van der Waals surface area contributed by atoms with E-state index in [1.807, 2.05) is 30.3 Å². The highest BCUT2D eigenvalue weighted by atomic mass is 32.1. The van der Waals surface area contributed by atoms with Gasteiger partial charge in [0, 0.05) is 37.7 Å². The van der Waals surface area contributed by atoms with Gasteiger partial charge in [0.15, 0.2) is 5.60 Å². The van der Waals surface area contributed by atoms with Crippen molar-refractivity contribution in [2.24, 2.45) is 0 Å². The molecule has 0 bridgehead atoms. The van der Waals surface area contributed by atoms with Gasteiger partial charge in [-0.05, 0) is 37.1 Å². The van der Waals surface area contributed by atoms with E-state index in [0.717, 1.165) is 20.2 Å². The molecule has 4 rings (SSSR count). The molecule has 0 fully saturated rings. The standard InChI is InChI=1S/C29H26O6S/c1-19(2)28(32)34-16-8-13-26(30)35-18-29(33,27(31)20-9-4-3-5-10-20)21-14-15-25-23(17-21)22-11-6-7-12-24(22)36-25/h3-7,9-12,14-15,17,33H,1,8,13,16,18H2,2H3. The maximum absolute atomic E-state index is 13.5. The van der Waals surface area contributed by atoms with Gasteiger partial charge in [-0.2, -0.15) is 0 Å². The molecule has 0 radical (unpaired) electrons. The molecule has 0 saturated heterocycles. The second-order valence-corrected chi connectivity index (χ2v) is 9.63. The SMILES string of the molecule is C=C(C)C(=O)OCCCC(=O)OCC(O)(C(=O)c1ccccc1)c1ccc2sc3ccccc3c2c1. The van der Waals surface area contributed by atoms with E-state index < -0.39 is 29.9 Å². The lowest BCUT2D eigenvalue weighted by Crippen LogP contribution is -2.41. The third kappa shape index (κ3) is 5.37. The van der Waals surface area contributed by atoms with E-state index in [-0.39, 0.29) is 25.0 Å². The van der Waals surface area contributed by atoms with Crippen LogP contribution in [0.4, 0.5) is 0 Å². The van der Waals surface area contributed by atoms with E-state index in [1.165, 1.54) is 6.92 Å². The summed E-state index contributed by atoms with van der Waals surface area (Å²) in [7, 11) is 0. The number of carbonyl (C=O) groups is 3. The fourth-order valence-corrected chi connectivity index (χ4v) is 4.94. The molecule has 1 heterocycles. The molecule has 0 aliphatic rings. The van der Waals surface area contributed by atoms with E-state index in [0.29, 0.717) is 11.1 Å². The fraction of sp³-hybridized carbons (Fsp3) is 0.207. The highest BCUT2D eigenvalue weighted by Gasteiger charge is 2.40. The zero-order chi connectivity index (χ0) is 25.7. The molecule has 36 heavy (non-hydrogen) atoms. The van der Waals surface area contributed by atoms with Crippen molar-refractivity contribution in [3.05, 3.63) is 96.1 Å². The summed E-state index contributed by atoms with van der Waals surface area (Å²) in [6.07, 6.45) is 0.211. The monoisotopic (exact) mass is 502 g/mol. The Morgan fingerprint density at radius 1 is 0.917 bits per heavy atom. The summed E-state index contributed by atoms with van der Waals surface area (Å²) in [5.41, 5.74) is -1.16. The zero-order valence-electron chi connectivity index (χ0n) is 19.9. The van der Waals surface area contributed by atoms with Gasteiger partial charge in [0.2, 0.25) is 5.78 Å². The Balaban J connectivity index is 1.57. The van der Waals surface area contributed by atoms with Crippen LogP contribution >= 0.6 is 11.3 Å². The summed E-state index contributed by atoms with van der Waals surface area (Å²) < 4.78 is 12.5. The molecule has 4 aromatic rings. The van der Waals surface area contributed by atoms with Crippen molar-refractivity contribution in [3.63, 3.8) is 0 Å². The third-order valence-electron chi connectivity index (χ3n) is 5.81. The lowest BCUT2D eigenvalue weighted by molar-refractivity contribution is -0.150. The molecule has 0 amide bonds. The molecule has 0 saturated carbocycles. The average Bonchev–Trinajstić information content (AvgIpc) is 3.27. The lowest BCUT2D eigenvalue weighted by Gasteiger charge is -2.27. The molecule has 3 aromatic carbocycles. The molecular weight excluding hydrogens is 476 g/mol. The zero-order valence-corrected chi connectivity index (χ0v) is 20.7. The molecule has 1 unspecified atom stereocenters. The maximum Gasteiger partial charge on any atom is 0.333 e. The summed E-state index contributed by atoms with van der Waals surface area (Å²) >= 11 is 1.63. The molecule has 0 spiro atoms. The molecule has 1 atom stereocenters. The van der Waals surface area contributed by atoms with Crippen molar-refractivity contribution in [2.45, 2.75) is 25.4 Å². The smallest absolute Gasteiger partial charge is 0.333 e. The van der Waals surface area contributed by atoms with Crippen molar-refractivity contribution < 1.29 is 29.0 Å². The predicted molar refractivity (Wildman–Crippen MR) is 140 cm³/mol. The van der Waals surface area contributed by atoms with Crippen LogP contribution in [0.15, 0.2) is 84.9 Å². The number of carbonyl (C=O) groups excluding carboxylic acids is 3. The van der Waals surface area contributed by atoms with Crippen molar-refractivity contribution >= 4 is 49.2 Å². The molecule has 7 heteroatoms. The molecule has 0 aliphatic heterocycles. The first-order chi connectivity index (χ1) is 17.3. The van der Waals surface area contributed by atoms with Crippen LogP contribution in [-0.4, -0.2) is 36.0 Å². The minimum Gasteiger partial charge on any atom is -0.462 e. The van der Waals surface area contributed by atoms with E-state index in [2.05, 4.69) is 6.58 Å². The number of hydrogen-bond acceptors (Lipinski definition) is 7. The Hall–Kier alpha value is -3.81. The minimum absolute atomic E-state index is 0.0344. The number of esters is 2. The van der Waals surface area contributed by atoms with Crippen LogP contribution in [0.5, 0.6) is 0 Å². The number of benzene rings is 3. The topological polar surface area (TPSA) is 89.9 Å². The number of aliphatic hydroxyl groups is 1. The highest BCUT2D eigenvalue weighted by molar-refractivity contribution is 7.25. The second kappa shape index (κ2) is 10.8. The number of ether oxygens (including phenoxy) is 2. The van der Waals surface area contributed by atoms with Gasteiger partial charge in [-0.1, -0.05) is 61.2 Å². The molecular formula is C29H26O6S. The summed E-state index contributed by atoms with van der Waals surface area (Å²) in [6.45, 7) is 4.54. The minimum atomic E-state index is -2.08. The van der Waals surface area contributed by atoms with E-state index >= 15 is 0 Å². The van der Waals surface area contributed by atoms with Crippen LogP contribution in [0, 0.1) is 0 Å². The fourth-order valence-electron chi connectivity index (χ4n) is 3.85. The van der Waals surface area contributed by atoms with Crippen LogP contribution in [0.3, 0.4) is 0 Å². The third-order valence-corrected chi connectivity index (χ3v) is 6.97. The summed E-state index contributed by atoms with van der Waals surface area (Å²) in [4.78, 5) is 37.4. The van der Waals surface area contributed by atoms with Gasteiger partial charge in [0.25, 0.3) is 0 Å². The first-order valence-corrected chi connectivity index (χ1v) is 12.3. The van der Waals surface area contributed by atoms with Gasteiger partial charge >= 0.3 is 11.9 Å². The summed E-state index contributed by atoms with van der Waals surface area (Å²) in [5.74, 6) is -1.70. The van der Waals surface area contributed by atoms with E-state index in [9.17, 15) is 19.5 Å². The molecule has 1 aromatic heterocycles. The van der Waals surface area contributed by atoms with Gasteiger partial charge in [-0.3, -0.25) is 9.59 Å². The molecule has 6 nitrogen and oxygen atoms in total. The normalized spacial score (nSPS) is 12.7. The number of fused-ring (bicyclic) bond motifs is 3. The summed E-state index contributed by atoms with van der Waals surface area (Å²) in [5, 5.41) is 13.7. The van der Waals surface area contributed by atoms with Gasteiger partial charge in [0.1, 0.15) is 6.61 Å². The average molecular weight is 503 g/mol.